The Kier molecular flexibility index (Phi) is 5.12. The van der Waals surface area contributed by atoms with Crippen LogP contribution >= 0.6 is 11.3 Å². The second-order valence-corrected chi connectivity index (χ2v) is 6.52. The number of urea groups is 1. The Labute approximate surface area is 139 Å². The molecule has 1 saturated heterocycles. The van der Waals surface area contributed by atoms with Gasteiger partial charge < -0.3 is 15.1 Å². The van der Waals surface area contributed by atoms with Crippen LogP contribution in [0.1, 0.15) is 4.88 Å². The van der Waals surface area contributed by atoms with Crippen LogP contribution < -0.4 is 10.2 Å². The van der Waals surface area contributed by atoms with E-state index in [0.717, 1.165) is 6.42 Å². The molecule has 0 saturated carbocycles. The Balaban J connectivity index is 1.45. The third-order valence-electron chi connectivity index (χ3n) is 3.99. The minimum atomic E-state index is -0.207. The molecule has 4 nitrogen and oxygen atoms in total. The van der Waals surface area contributed by atoms with Crippen LogP contribution in [-0.4, -0.2) is 43.7 Å². The van der Waals surface area contributed by atoms with Gasteiger partial charge in [-0.1, -0.05) is 18.2 Å². The predicted octanol–water partition coefficient (Wildman–Crippen LogP) is 2.96. The number of anilines is 1. The van der Waals surface area contributed by atoms with Crippen molar-refractivity contribution in [1.82, 2.24) is 10.2 Å². The molecule has 0 bridgehead atoms. The van der Waals surface area contributed by atoms with E-state index < -0.39 is 0 Å². The number of halogens is 1. The third-order valence-corrected chi connectivity index (χ3v) is 4.92. The van der Waals surface area contributed by atoms with Gasteiger partial charge in [0.2, 0.25) is 0 Å². The van der Waals surface area contributed by atoms with E-state index in [1.807, 2.05) is 22.4 Å². The van der Waals surface area contributed by atoms with Crippen LogP contribution in [0.2, 0.25) is 0 Å². The molecule has 0 spiro atoms. The van der Waals surface area contributed by atoms with E-state index in [1.54, 1.807) is 28.4 Å². The number of rotatable bonds is 4. The van der Waals surface area contributed by atoms with Gasteiger partial charge in [0.1, 0.15) is 5.82 Å². The van der Waals surface area contributed by atoms with E-state index in [1.165, 1.54) is 10.9 Å². The van der Waals surface area contributed by atoms with Crippen LogP contribution in [-0.2, 0) is 6.42 Å². The predicted molar refractivity (Wildman–Crippen MR) is 91.6 cm³/mol. The number of para-hydroxylation sites is 1. The van der Waals surface area contributed by atoms with Gasteiger partial charge in [0.05, 0.1) is 5.69 Å². The average molecular weight is 333 g/mol. The number of nitrogens with one attached hydrogen (secondary N) is 1. The van der Waals surface area contributed by atoms with Crippen molar-refractivity contribution in [2.75, 3.05) is 37.6 Å². The molecule has 23 heavy (non-hydrogen) atoms. The highest BCUT2D eigenvalue weighted by atomic mass is 32.1. The fraction of sp³-hybridized carbons (Fsp3) is 0.353. The smallest absolute Gasteiger partial charge is 0.317 e. The summed E-state index contributed by atoms with van der Waals surface area (Å²) in [5, 5.41) is 5.00. The quantitative estimate of drug-likeness (QED) is 0.934. The number of hydrogen-bond donors (Lipinski definition) is 1. The first-order chi connectivity index (χ1) is 11.2. The molecule has 2 aromatic rings. The van der Waals surface area contributed by atoms with Crippen molar-refractivity contribution in [1.29, 1.82) is 0 Å². The Morgan fingerprint density at radius 2 is 1.91 bits per heavy atom. The number of benzene rings is 1. The molecule has 6 heteroatoms. The molecule has 3 rings (SSSR count). The zero-order chi connectivity index (χ0) is 16.1. The summed E-state index contributed by atoms with van der Waals surface area (Å²) in [7, 11) is 0. The van der Waals surface area contributed by atoms with Gasteiger partial charge in [-0.2, -0.15) is 0 Å². The zero-order valence-corrected chi connectivity index (χ0v) is 13.7. The third kappa shape index (κ3) is 4.01. The fourth-order valence-electron chi connectivity index (χ4n) is 2.72. The maximum absolute atomic E-state index is 13.8. The molecule has 1 aliphatic rings. The van der Waals surface area contributed by atoms with Crippen LogP contribution in [0.5, 0.6) is 0 Å². The number of amides is 2. The number of thiophene rings is 1. The first kappa shape index (κ1) is 15.8. The summed E-state index contributed by atoms with van der Waals surface area (Å²) in [6, 6.07) is 10.8. The highest BCUT2D eigenvalue weighted by molar-refractivity contribution is 7.09. The lowest BCUT2D eigenvalue weighted by Gasteiger charge is -2.36. The summed E-state index contributed by atoms with van der Waals surface area (Å²) in [5.74, 6) is -0.207. The Bertz CT molecular complexity index is 639. The second-order valence-electron chi connectivity index (χ2n) is 5.49. The zero-order valence-electron chi connectivity index (χ0n) is 12.9. The number of nitrogens with zero attached hydrogens (tertiary/aromatic N) is 2. The number of hydrogen-bond acceptors (Lipinski definition) is 3. The Morgan fingerprint density at radius 3 is 2.61 bits per heavy atom. The van der Waals surface area contributed by atoms with Crippen molar-refractivity contribution in [3.8, 4) is 0 Å². The molecule has 1 aliphatic heterocycles. The molecule has 0 radical (unpaired) electrons. The highest BCUT2D eigenvalue weighted by Gasteiger charge is 2.22. The highest BCUT2D eigenvalue weighted by Crippen LogP contribution is 2.20. The molecule has 122 valence electrons. The van der Waals surface area contributed by atoms with Gasteiger partial charge in [0.25, 0.3) is 0 Å². The average Bonchev–Trinajstić information content (AvgIpc) is 3.09. The molecule has 1 N–H and O–H groups in total. The van der Waals surface area contributed by atoms with Gasteiger partial charge in [0.15, 0.2) is 0 Å². The van der Waals surface area contributed by atoms with Gasteiger partial charge in [-0.3, -0.25) is 0 Å². The minimum Gasteiger partial charge on any atom is -0.366 e. The molecular formula is C17H20FN3OS. The normalized spacial score (nSPS) is 14.8. The number of carbonyl (C=O) groups excluding carboxylic acids is 1. The SMILES string of the molecule is O=C(NCCc1cccs1)N1CCN(c2ccccc2F)CC1. The van der Waals surface area contributed by atoms with Crippen molar-refractivity contribution in [2.45, 2.75) is 6.42 Å². The van der Waals surface area contributed by atoms with Crippen molar-refractivity contribution in [3.63, 3.8) is 0 Å². The van der Waals surface area contributed by atoms with Crippen LogP contribution in [0.25, 0.3) is 0 Å². The lowest BCUT2D eigenvalue weighted by atomic mass is 10.2. The summed E-state index contributed by atoms with van der Waals surface area (Å²) in [4.78, 5) is 17.2. The van der Waals surface area contributed by atoms with Crippen LogP contribution in [0.15, 0.2) is 41.8 Å². The molecule has 2 amide bonds. The van der Waals surface area contributed by atoms with E-state index in [9.17, 15) is 9.18 Å². The van der Waals surface area contributed by atoms with Gasteiger partial charge in [-0.05, 0) is 30.0 Å². The molecule has 0 aliphatic carbocycles. The Morgan fingerprint density at radius 1 is 1.13 bits per heavy atom. The molecular weight excluding hydrogens is 313 g/mol. The van der Waals surface area contributed by atoms with Gasteiger partial charge in [0, 0.05) is 37.6 Å². The van der Waals surface area contributed by atoms with Crippen molar-refractivity contribution >= 4 is 23.1 Å². The monoisotopic (exact) mass is 333 g/mol. The number of carbonyl (C=O) groups is 1. The van der Waals surface area contributed by atoms with Crippen LogP contribution in [0.3, 0.4) is 0 Å². The summed E-state index contributed by atoms with van der Waals surface area (Å²) in [6.07, 6.45) is 0.860. The van der Waals surface area contributed by atoms with Crippen LogP contribution in [0, 0.1) is 5.82 Å². The summed E-state index contributed by atoms with van der Waals surface area (Å²) in [5.41, 5.74) is 0.616. The van der Waals surface area contributed by atoms with Crippen molar-refractivity contribution < 1.29 is 9.18 Å². The van der Waals surface area contributed by atoms with Gasteiger partial charge >= 0.3 is 6.03 Å². The van der Waals surface area contributed by atoms with E-state index in [0.29, 0.717) is 38.4 Å². The van der Waals surface area contributed by atoms with E-state index in [4.69, 9.17) is 0 Å². The van der Waals surface area contributed by atoms with E-state index in [-0.39, 0.29) is 11.8 Å². The maximum Gasteiger partial charge on any atom is 0.317 e. The lowest BCUT2D eigenvalue weighted by Crippen LogP contribution is -2.52. The standard InChI is InChI=1S/C17H20FN3OS/c18-15-5-1-2-6-16(15)20-9-11-21(12-10-20)17(22)19-8-7-14-4-3-13-23-14/h1-6,13H,7-12H2,(H,19,22). The summed E-state index contributed by atoms with van der Waals surface area (Å²) >= 11 is 1.70. The van der Waals surface area contributed by atoms with Crippen LogP contribution in [0.4, 0.5) is 14.9 Å². The Hall–Kier alpha value is -2.08. The largest absolute Gasteiger partial charge is 0.366 e. The minimum absolute atomic E-state index is 0.0326. The number of piperazine rings is 1. The second kappa shape index (κ2) is 7.46. The fourth-order valence-corrected chi connectivity index (χ4v) is 3.43. The van der Waals surface area contributed by atoms with Crippen molar-refractivity contribution in [2.24, 2.45) is 0 Å². The summed E-state index contributed by atoms with van der Waals surface area (Å²) in [6.45, 7) is 3.17. The first-order valence-corrected chi connectivity index (χ1v) is 8.66. The van der Waals surface area contributed by atoms with E-state index >= 15 is 0 Å². The molecule has 1 aromatic heterocycles. The lowest BCUT2D eigenvalue weighted by molar-refractivity contribution is 0.194. The van der Waals surface area contributed by atoms with Gasteiger partial charge in [-0.15, -0.1) is 11.3 Å². The molecule has 1 aromatic carbocycles. The molecule has 0 unspecified atom stereocenters. The summed E-state index contributed by atoms with van der Waals surface area (Å²) < 4.78 is 13.8. The molecule has 2 heterocycles. The van der Waals surface area contributed by atoms with E-state index in [2.05, 4.69) is 11.4 Å². The van der Waals surface area contributed by atoms with Crippen molar-refractivity contribution in [3.05, 3.63) is 52.5 Å². The molecule has 0 atom stereocenters. The molecule has 1 fully saturated rings. The first-order valence-electron chi connectivity index (χ1n) is 7.78. The van der Waals surface area contributed by atoms with Gasteiger partial charge in [-0.25, -0.2) is 9.18 Å². The maximum atomic E-state index is 13.8. The topological polar surface area (TPSA) is 35.6 Å².